The molecule has 0 radical (unpaired) electrons. The first kappa shape index (κ1) is 18.9. The third kappa shape index (κ3) is 2.56. The van der Waals surface area contributed by atoms with Crippen LogP contribution in [0.4, 0.5) is 0 Å². The van der Waals surface area contributed by atoms with Crippen LogP contribution >= 0.6 is 24.8 Å². The second kappa shape index (κ2) is 6.56. The number of rotatable bonds is 1. The van der Waals surface area contributed by atoms with Gasteiger partial charge in [0.15, 0.2) is 0 Å². The van der Waals surface area contributed by atoms with Crippen molar-refractivity contribution >= 4 is 30.9 Å². The molecule has 1 aromatic carbocycles. The van der Waals surface area contributed by atoms with E-state index < -0.39 is 0 Å². The molecule has 0 aliphatic heterocycles. The molecule has 0 nitrogen and oxygen atoms in total. The molecular formula is C18H21Cl2Hf. The summed E-state index contributed by atoms with van der Waals surface area (Å²) in [5.41, 5.74) is 9.15. The first-order valence-corrected chi connectivity index (χ1v) is 8.66. The average molecular weight is 487 g/mol. The van der Waals surface area contributed by atoms with Gasteiger partial charge in [-0.2, -0.15) is 0 Å². The van der Waals surface area contributed by atoms with E-state index in [1.54, 1.807) is 11.1 Å². The fourth-order valence-corrected chi connectivity index (χ4v) is 5.78. The van der Waals surface area contributed by atoms with Gasteiger partial charge >= 0.3 is 131 Å². The molecule has 2 aliphatic carbocycles. The Hall–Kier alpha value is -0.110. The van der Waals surface area contributed by atoms with Crippen LogP contribution in [0.2, 0.25) is 3.17 Å². The summed E-state index contributed by atoms with van der Waals surface area (Å²) in [7, 11) is 0. The molecule has 0 amide bonds. The first-order valence-electron chi connectivity index (χ1n) is 6.86. The van der Waals surface area contributed by atoms with Gasteiger partial charge < -0.3 is 0 Å². The average Bonchev–Trinajstić information content (AvgIpc) is 2.92. The second-order valence-corrected chi connectivity index (χ2v) is 8.61. The Balaban J connectivity index is 0.00000110. The Morgan fingerprint density at radius 3 is 2.00 bits per heavy atom. The summed E-state index contributed by atoms with van der Waals surface area (Å²) in [6.07, 6.45) is 4.74. The fraction of sp³-hybridized carbons (Fsp3) is 0.333. The van der Waals surface area contributed by atoms with Crippen molar-refractivity contribution < 1.29 is 24.4 Å². The minimum Gasteiger partial charge on any atom is -0.147 e. The van der Waals surface area contributed by atoms with E-state index in [1.807, 2.05) is 0 Å². The van der Waals surface area contributed by atoms with Crippen molar-refractivity contribution in [3.8, 4) is 0 Å². The van der Waals surface area contributed by atoms with Crippen molar-refractivity contribution in [1.82, 2.24) is 0 Å². The standard InChI is InChI=1S/C18H19.2ClH.Hf/c1-11-12(2)14(4)18(13(11)3)17-10-9-15-7-5-6-8-16(15)17;;;/h5-10,17H,1-4H3;2*1H;. The first-order chi connectivity index (χ1) is 8.98. The molecule has 0 spiro atoms. The van der Waals surface area contributed by atoms with Crippen molar-refractivity contribution in [1.29, 1.82) is 0 Å². The Morgan fingerprint density at radius 2 is 1.43 bits per heavy atom. The maximum Gasteiger partial charge on any atom is -0.147 e. The molecule has 0 saturated carbocycles. The minimum absolute atomic E-state index is 0. The number of hydrogen-bond donors (Lipinski definition) is 0. The summed E-state index contributed by atoms with van der Waals surface area (Å²) < 4.78 is 0.289. The predicted octanol–water partition coefficient (Wildman–Crippen LogP) is 6.03. The van der Waals surface area contributed by atoms with Crippen molar-refractivity contribution in [2.45, 2.75) is 36.8 Å². The van der Waals surface area contributed by atoms with E-state index in [0.717, 1.165) is 0 Å². The van der Waals surface area contributed by atoms with E-state index in [-0.39, 0.29) is 28.0 Å². The molecule has 0 aromatic heterocycles. The van der Waals surface area contributed by atoms with Crippen molar-refractivity contribution in [3.63, 3.8) is 0 Å². The van der Waals surface area contributed by atoms with E-state index in [2.05, 4.69) is 64.1 Å². The van der Waals surface area contributed by atoms with Gasteiger partial charge in [0.2, 0.25) is 0 Å². The molecule has 0 fully saturated rings. The Bertz CT molecular complexity index is 629. The Morgan fingerprint density at radius 1 is 0.905 bits per heavy atom. The summed E-state index contributed by atoms with van der Waals surface area (Å²) in [5.74, 6) is 0.544. The summed E-state index contributed by atoms with van der Waals surface area (Å²) in [6, 6.07) is 8.87. The third-order valence-electron chi connectivity index (χ3n) is 5.14. The summed E-state index contributed by atoms with van der Waals surface area (Å²) in [5, 5.41) is 0. The van der Waals surface area contributed by atoms with Crippen LogP contribution < -0.4 is 0 Å². The smallest absolute Gasteiger partial charge is 0.147 e. The van der Waals surface area contributed by atoms with Gasteiger partial charge in [0.05, 0.1) is 0 Å². The van der Waals surface area contributed by atoms with Crippen molar-refractivity contribution in [2.75, 3.05) is 0 Å². The monoisotopic (exact) mass is 487 g/mol. The van der Waals surface area contributed by atoms with E-state index in [0.29, 0.717) is 5.92 Å². The molecule has 3 heteroatoms. The molecule has 0 N–H and O–H groups in total. The zero-order valence-corrected chi connectivity index (χ0v) is 18.1. The predicted molar refractivity (Wildman–Crippen MR) is 92.2 cm³/mol. The molecule has 2 aliphatic rings. The minimum atomic E-state index is 0. The summed E-state index contributed by atoms with van der Waals surface area (Å²) in [6.45, 7) is 9.27. The topological polar surface area (TPSA) is 0 Å². The van der Waals surface area contributed by atoms with Crippen molar-refractivity contribution in [3.05, 3.63) is 63.8 Å². The molecule has 3 rings (SSSR count). The number of benzene rings is 1. The summed E-state index contributed by atoms with van der Waals surface area (Å²) >= 11 is 1.17. The van der Waals surface area contributed by atoms with Crippen LogP contribution in [0.1, 0.15) is 44.7 Å². The molecule has 0 saturated heterocycles. The van der Waals surface area contributed by atoms with E-state index in [9.17, 15) is 0 Å². The number of hydrogen-bond acceptors (Lipinski definition) is 0. The van der Waals surface area contributed by atoms with Gasteiger partial charge in [0.25, 0.3) is 0 Å². The van der Waals surface area contributed by atoms with Gasteiger partial charge in [0.1, 0.15) is 0 Å². The Labute approximate surface area is 155 Å². The van der Waals surface area contributed by atoms with E-state index >= 15 is 0 Å². The van der Waals surface area contributed by atoms with Crippen LogP contribution in [-0.4, -0.2) is 0 Å². The molecule has 0 bridgehead atoms. The Kier molecular flexibility index (Phi) is 5.92. The number of allylic oxidation sites excluding steroid dienone is 5. The van der Waals surface area contributed by atoms with Gasteiger partial charge in [-0.15, -0.1) is 24.8 Å². The molecule has 0 heterocycles. The van der Waals surface area contributed by atoms with E-state index in [1.165, 1.54) is 46.6 Å². The molecule has 1 atom stereocenters. The van der Waals surface area contributed by atoms with Gasteiger partial charge in [-0.1, -0.05) is 0 Å². The van der Waals surface area contributed by atoms with E-state index in [4.69, 9.17) is 0 Å². The SMILES string of the molecule is CC1=C(C)[C]([Hf])(C2C=Cc3ccccc32)C(C)=C1C.Cl.Cl. The number of fused-ring (bicyclic) bond motifs is 1. The maximum atomic E-state index is 2.43. The third-order valence-corrected chi connectivity index (χ3v) is 8.95. The van der Waals surface area contributed by atoms with Gasteiger partial charge in [-0.25, -0.2) is 0 Å². The zero-order chi connectivity index (χ0) is 13.8. The molecular weight excluding hydrogens is 466 g/mol. The van der Waals surface area contributed by atoms with Crippen LogP contribution in [0.3, 0.4) is 0 Å². The zero-order valence-electron chi connectivity index (χ0n) is 12.9. The fourth-order valence-electron chi connectivity index (χ4n) is 3.53. The van der Waals surface area contributed by atoms with Crippen LogP contribution in [-0.2, 0) is 24.4 Å². The summed E-state index contributed by atoms with van der Waals surface area (Å²) in [4.78, 5) is 0. The molecule has 1 unspecified atom stereocenters. The number of halogens is 2. The normalized spacial score (nSPS) is 22.0. The maximum absolute atomic E-state index is 2.43. The molecule has 111 valence electrons. The van der Waals surface area contributed by atoms with Gasteiger partial charge in [-0.05, 0) is 0 Å². The van der Waals surface area contributed by atoms with Crippen LogP contribution in [0.25, 0.3) is 6.08 Å². The van der Waals surface area contributed by atoms with Crippen molar-refractivity contribution in [2.24, 2.45) is 0 Å². The molecule has 21 heavy (non-hydrogen) atoms. The quantitative estimate of drug-likeness (QED) is 0.425. The molecule has 1 aromatic rings. The second-order valence-electron chi connectivity index (χ2n) is 5.77. The largest absolute Gasteiger partial charge is 0.147 e. The van der Waals surface area contributed by atoms with Crippen LogP contribution in [0, 0.1) is 0 Å². The van der Waals surface area contributed by atoms with Crippen LogP contribution in [0.15, 0.2) is 52.6 Å². The van der Waals surface area contributed by atoms with Gasteiger partial charge in [0, 0.05) is 0 Å². The van der Waals surface area contributed by atoms with Crippen LogP contribution in [0.5, 0.6) is 0 Å². The van der Waals surface area contributed by atoms with Gasteiger partial charge in [-0.3, -0.25) is 0 Å².